The molecule has 2 atom stereocenters. The standard InChI is InChI=1S/C22H32N2O2/c1-7-22(6,13-9-12-18(4)11-8-10-17(2)3)26-21(25)19(5)20-16-23-14-15-24-20/h7,10,12,14-16,19H,1,8-9,11,13H2,2-6H3. The van der Waals surface area contributed by atoms with E-state index in [1.165, 1.54) is 11.1 Å². The first-order valence-corrected chi connectivity index (χ1v) is 9.19. The summed E-state index contributed by atoms with van der Waals surface area (Å²) in [4.78, 5) is 20.6. The molecule has 0 spiro atoms. The first-order chi connectivity index (χ1) is 12.3. The second-order valence-electron chi connectivity index (χ2n) is 7.20. The molecule has 2 unspecified atom stereocenters. The van der Waals surface area contributed by atoms with Crippen LogP contribution in [0.2, 0.25) is 0 Å². The summed E-state index contributed by atoms with van der Waals surface area (Å²) in [6.45, 7) is 13.9. The number of rotatable bonds is 10. The normalized spacial score (nSPS) is 14.9. The van der Waals surface area contributed by atoms with Crippen molar-refractivity contribution in [2.24, 2.45) is 0 Å². The zero-order valence-corrected chi connectivity index (χ0v) is 16.8. The Morgan fingerprint density at radius 3 is 2.58 bits per heavy atom. The molecule has 0 aliphatic heterocycles. The Bertz CT molecular complexity index is 645. The summed E-state index contributed by atoms with van der Waals surface area (Å²) in [7, 11) is 0. The molecule has 1 heterocycles. The summed E-state index contributed by atoms with van der Waals surface area (Å²) in [6.07, 6.45) is 14.6. The molecule has 142 valence electrons. The van der Waals surface area contributed by atoms with Crippen LogP contribution in [0.4, 0.5) is 0 Å². The second-order valence-corrected chi connectivity index (χ2v) is 7.20. The number of nitrogens with zero attached hydrogens (tertiary/aromatic N) is 2. The molecule has 1 aromatic heterocycles. The molecular formula is C22H32N2O2. The van der Waals surface area contributed by atoms with Gasteiger partial charge in [0.25, 0.3) is 0 Å². The van der Waals surface area contributed by atoms with Crippen LogP contribution in [-0.2, 0) is 9.53 Å². The molecular weight excluding hydrogens is 324 g/mol. The topological polar surface area (TPSA) is 52.1 Å². The van der Waals surface area contributed by atoms with Gasteiger partial charge < -0.3 is 4.74 Å². The van der Waals surface area contributed by atoms with E-state index in [0.29, 0.717) is 12.1 Å². The maximum Gasteiger partial charge on any atom is 0.315 e. The van der Waals surface area contributed by atoms with Crippen molar-refractivity contribution in [3.8, 4) is 0 Å². The van der Waals surface area contributed by atoms with E-state index in [0.717, 1.165) is 19.3 Å². The molecule has 0 saturated carbocycles. The summed E-state index contributed by atoms with van der Waals surface area (Å²) in [5.41, 5.74) is 2.62. The molecule has 1 aromatic rings. The first kappa shape index (κ1) is 21.8. The maximum atomic E-state index is 12.5. The highest BCUT2D eigenvalue weighted by atomic mass is 16.6. The highest BCUT2D eigenvalue weighted by molar-refractivity contribution is 5.77. The Kier molecular flexibility index (Phi) is 8.97. The van der Waals surface area contributed by atoms with Crippen LogP contribution in [0.25, 0.3) is 0 Å². The fourth-order valence-electron chi connectivity index (χ4n) is 2.46. The Hall–Kier alpha value is -2.23. The second kappa shape index (κ2) is 10.7. The molecule has 4 heteroatoms. The summed E-state index contributed by atoms with van der Waals surface area (Å²) >= 11 is 0. The molecule has 0 radical (unpaired) electrons. The van der Waals surface area contributed by atoms with Crippen LogP contribution in [0.15, 0.2) is 54.5 Å². The van der Waals surface area contributed by atoms with Crippen molar-refractivity contribution in [1.82, 2.24) is 9.97 Å². The number of hydrogen-bond acceptors (Lipinski definition) is 4. The van der Waals surface area contributed by atoms with Crippen molar-refractivity contribution in [1.29, 1.82) is 0 Å². The van der Waals surface area contributed by atoms with E-state index in [4.69, 9.17) is 4.74 Å². The molecule has 26 heavy (non-hydrogen) atoms. The molecule has 0 saturated heterocycles. The van der Waals surface area contributed by atoms with Gasteiger partial charge in [-0.3, -0.25) is 14.8 Å². The number of ether oxygens (including phenoxy) is 1. The average molecular weight is 357 g/mol. The van der Waals surface area contributed by atoms with Gasteiger partial charge in [0.15, 0.2) is 0 Å². The third kappa shape index (κ3) is 7.77. The molecule has 0 aromatic carbocycles. The van der Waals surface area contributed by atoms with Crippen molar-refractivity contribution in [3.05, 3.63) is 60.2 Å². The van der Waals surface area contributed by atoms with E-state index in [1.807, 2.05) is 6.92 Å². The first-order valence-electron chi connectivity index (χ1n) is 9.19. The van der Waals surface area contributed by atoms with E-state index in [9.17, 15) is 4.79 Å². The third-order valence-corrected chi connectivity index (χ3v) is 4.37. The van der Waals surface area contributed by atoms with E-state index in [2.05, 4.69) is 49.5 Å². The minimum Gasteiger partial charge on any atom is -0.455 e. The fraction of sp³-hybridized carbons (Fsp3) is 0.500. The van der Waals surface area contributed by atoms with Crippen LogP contribution >= 0.6 is 0 Å². The largest absolute Gasteiger partial charge is 0.455 e. The zero-order chi connectivity index (χ0) is 19.6. The molecule has 0 aliphatic rings. The van der Waals surface area contributed by atoms with Crippen LogP contribution in [0.5, 0.6) is 0 Å². The summed E-state index contributed by atoms with van der Waals surface area (Å²) < 4.78 is 5.73. The van der Waals surface area contributed by atoms with Gasteiger partial charge in [0.1, 0.15) is 5.60 Å². The Morgan fingerprint density at radius 1 is 1.27 bits per heavy atom. The van der Waals surface area contributed by atoms with Gasteiger partial charge in [0.2, 0.25) is 0 Å². The summed E-state index contributed by atoms with van der Waals surface area (Å²) in [6, 6.07) is 0. The number of hydrogen-bond donors (Lipinski definition) is 0. The lowest BCUT2D eigenvalue weighted by molar-refractivity contribution is -0.155. The Labute approximate surface area is 158 Å². The van der Waals surface area contributed by atoms with Crippen LogP contribution < -0.4 is 0 Å². The van der Waals surface area contributed by atoms with Gasteiger partial charge in [-0.05, 0) is 66.4 Å². The number of carbonyl (C=O) groups is 1. The van der Waals surface area contributed by atoms with Crippen molar-refractivity contribution < 1.29 is 9.53 Å². The molecule has 4 nitrogen and oxygen atoms in total. The van der Waals surface area contributed by atoms with Gasteiger partial charge in [-0.15, -0.1) is 0 Å². The van der Waals surface area contributed by atoms with E-state index >= 15 is 0 Å². The molecule has 0 aliphatic carbocycles. The Balaban J connectivity index is 2.58. The van der Waals surface area contributed by atoms with Crippen molar-refractivity contribution in [3.63, 3.8) is 0 Å². The van der Waals surface area contributed by atoms with Gasteiger partial charge in [-0.2, -0.15) is 0 Å². The van der Waals surface area contributed by atoms with Gasteiger partial charge in [-0.1, -0.05) is 29.9 Å². The maximum absolute atomic E-state index is 12.5. The van der Waals surface area contributed by atoms with Gasteiger partial charge in [-0.25, -0.2) is 0 Å². The molecule has 0 bridgehead atoms. The smallest absolute Gasteiger partial charge is 0.315 e. The van der Waals surface area contributed by atoms with E-state index in [1.54, 1.807) is 31.6 Å². The van der Waals surface area contributed by atoms with E-state index < -0.39 is 11.5 Å². The molecule has 0 amide bonds. The average Bonchev–Trinajstić information content (AvgIpc) is 2.61. The third-order valence-electron chi connectivity index (χ3n) is 4.37. The number of carbonyl (C=O) groups excluding carboxylic acids is 1. The quantitative estimate of drug-likeness (QED) is 0.408. The van der Waals surface area contributed by atoms with Crippen LogP contribution in [0.3, 0.4) is 0 Å². The number of esters is 1. The lowest BCUT2D eigenvalue weighted by Gasteiger charge is -2.27. The minimum atomic E-state index is -0.690. The predicted molar refractivity (Wildman–Crippen MR) is 107 cm³/mol. The Morgan fingerprint density at radius 2 is 2.00 bits per heavy atom. The monoisotopic (exact) mass is 356 g/mol. The van der Waals surface area contributed by atoms with Crippen molar-refractivity contribution in [2.75, 3.05) is 0 Å². The summed E-state index contributed by atoms with van der Waals surface area (Å²) in [5.74, 6) is -0.763. The fourth-order valence-corrected chi connectivity index (χ4v) is 2.46. The van der Waals surface area contributed by atoms with Crippen molar-refractivity contribution in [2.45, 2.75) is 71.8 Å². The van der Waals surface area contributed by atoms with Crippen LogP contribution in [0.1, 0.15) is 71.9 Å². The SMILES string of the molecule is C=CC(C)(CCC=C(C)CCC=C(C)C)OC(=O)C(C)c1cnccn1. The van der Waals surface area contributed by atoms with Gasteiger partial charge in [0.05, 0.1) is 11.6 Å². The molecule has 0 N–H and O–H groups in total. The molecule has 0 fully saturated rings. The van der Waals surface area contributed by atoms with Crippen LogP contribution in [-0.4, -0.2) is 21.5 Å². The lowest BCUT2D eigenvalue weighted by Crippen LogP contribution is -2.31. The van der Waals surface area contributed by atoms with Gasteiger partial charge >= 0.3 is 5.97 Å². The minimum absolute atomic E-state index is 0.308. The summed E-state index contributed by atoms with van der Waals surface area (Å²) in [5, 5.41) is 0. The number of aromatic nitrogens is 2. The highest BCUT2D eigenvalue weighted by Gasteiger charge is 2.28. The molecule has 1 rings (SSSR count). The number of allylic oxidation sites excluding steroid dienone is 4. The van der Waals surface area contributed by atoms with Crippen molar-refractivity contribution >= 4 is 5.97 Å². The van der Waals surface area contributed by atoms with E-state index in [-0.39, 0.29) is 5.97 Å². The lowest BCUT2D eigenvalue weighted by atomic mass is 9.97. The van der Waals surface area contributed by atoms with Crippen LogP contribution in [0, 0.1) is 0 Å². The highest BCUT2D eigenvalue weighted by Crippen LogP contribution is 2.24. The zero-order valence-electron chi connectivity index (χ0n) is 16.8. The van der Waals surface area contributed by atoms with Gasteiger partial charge in [0, 0.05) is 18.6 Å². The predicted octanol–water partition coefficient (Wildman–Crippen LogP) is 5.54.